The van der Waals surface area contributed by atoms with Crippen LogP contribution in [0.4, 0.5) is 0 Å². The average Bonchev–Trinajstić information content (AvgIpc) is 1.47. The highest BCUT2D eigenvalue weighted by atomic mass is 79.9. The van der Waals surface area contributed by atoms with Crippen molar-refractivity contribution < 1.29 is 9.31 Å². The van der Waals surface area contributed by atoms with Crippen LogP contribution in [0.1, 0.15) is 27.7 Å². The van der Waals surface area contributed by atoms with E-state index in [1.165, 1.54) is 27.1 Å². The van der Waals surface area contributed by atoms with Gasteiger partial charge in [0.05, 0.1) is 66.4 Å². The van der Waals surface area contributed by atoms with Crippen LogP contribution in [-0.2, 0) is 9.31 Å². The fourth-order valence-electron chi connectivity index (χ4n) is 13.5. The molecular weight excluding hydrogens is 1220 g/mol. The molecule has 0 atom stereocenters. The molecule has 0 radical (unpaired) electrons. The van der Waals surface area contributed by atoms with Gasteiger partial charge in [0.2, 0.25) is 0 Å². The molecule has 6 aromatic heterocycles. The van der Waals surface area contributed by atoms with Crippen LogP contribution >= 0.6 is 15.9 Å². The lowest BCUT2D eigenvalue weighted by atomic mass is 9.78. The summed E-state index contributed by atoms with van der Waals surface area (Å²) in [7, 11) is -0.393. The topological polar surface area (TPSA) is 88.7 Å². The lowest BCUT2D eigenvalue weighted by Gasteiger charge is -2.32. The van der Waals surface area contributed by atoms with Crippen molar-refractivity contribution >= 4 is 127 Å². The normalized spacial score (nSPS) is 13.6. The van der Waals surface area contributed by atoms with Crippen molar-refractivity contribution in [2.24, 2.45) is 0 Å². The predicted molar refractivity (Wildman–Crippen MR) is 391 cm³/mol. The van der Waals surface area contributed by atoms with E-state index in [2.05, 4.69) is 310 Å². The van der Waals surface area contributed by atoms with Gasteiger partial charge >= 0.3 is 7.12 Å². The Balaban J connectivity index is 0.000000113. The van der Waals surface area contributed by atoms with Gasteiger partial charge in [-0.05, 0) is 158 Å². The van der Waals surface area contributed by atoms with Gasteiger partial charge in [-0.3, -0.25) is 17.9 Å². The van der Waals surface area contributed by atoms with Crippen LogP contribution < -0.4 is 5.46 Å². The number of nitrogens with zero attached hydrogens (tertiary/aromatic N) is 8. The monoisotopic (exact) mass is 1280 g/mol. The molecule has 12 heteroatoms. The van der Waals surface area contributed by atoms with Crippen molar-refractivity contribution in [3.8, 4) is 45.3 Å². The van der Waals surface area contributed by atoms with Crippen LogP contribution in [0.15, 0.2) is 296 Å². The number of para-hydroxylation sites is 12. The minimum Gasteiger partial charge on any atom is -0.399 e. The van der Waals surface area contributed by atoms with Gasteiger partial charge in [0.25, 0.3) is 0 Å². The zero-order valence-corrected chi connectivity index (χ0v) is 53.6. The summed E-state index contributed by atoms with van der Waals surface area (Å²) in [6.07, 6.45) is 0. The largest absolute Gasteiger partial charge is 0.494 e. The molecule has 1 saturated heterocycles. The number of rotatable bonds is 6. The molecule has 1 aliphatic heterocycles. The predicted octanol–water partition coefficient (Wildman–Crippen LogP) is 20.0. The Bertz CT molecular complexity index is 5940. The maximum Gasteiger partial charge on any atom is 0.494 e. The lowest BCUT2D eigenvalue weighted by Crippen LogP contribution is -2.41. The van der Waals surface area contributed by atoms with E-state index in [1.807, 2.05) is 42.5 Å². The maximum atomic E-state index is 6.31. The van der Waals surface area contributed by atoms with E-state index in [0.29, 0.717) is 0 Å². The minimum atomic E-state index is -0.393. The zero-order valence-electron chi connectivity index (χ0n) is 52.1. The Morgan fingerprint density at radius 1 is 0.309 bits per heavy atom. The molecule has 0 amide bonds. The van der Waals surface area contributed by atoms with Crippen molar-refractivity contribution in [1.29, 1.82) is 0 Å². The number of hydrogen-bond acceptors (Lipinski definition) is 6. The number of pyridine rings is 2. The smallest absolute Gasteiger partial charge is 0.399 e. The van der Waals surface area contributed by atoms with Crippen LogP contribution in [0.3, 0.4) is 0 Å². The van der Waals surface area contributed by atoms with E-state index < -0.39 is 7.12 Å². The summed E-state index contributed by atoms with van der Waals surface area (Å²) in [5.41, 5.74) is 19.7. The van der Waals surface area contributed by atoms with Gasteiger partial charge in [0.15, 0.2) is 0 Å². The van der Waals surface area contributed by atoms with Crippen molar-refractivity contribution in [2.45, 2.75) is 38.9 Å². The van der Waals surface area contributed by atoms with E-state index in [4.69, 9.17) is 29.2 Å². The zero-order chi connectivity index (χ0) is 63.2. The summed E-state index contributed by atoms with van der Waals surface area (Å²) in [5.74, 6) is 1.89. The number of benzene rings is 12. The molecule has 0 unspecified atom stereocenters. The third-order valence-electron chi connectivity index (χ3n) is 18.8. The van der Waals surface area contributed by atoms with Crippen LogP contribution in [0.25, 0.3) is 144 Å². The lowest BCUT2D eigenvalue weighted by molar-refractivity contribution is 0.00578. The third-order valence-corrected chi connectivity index (χ3v) is 19.3. The molecule has 7 heterocycles. The average molecular weight is 1280 g/mol. The summed E-state index contributed by atoms with van der Waals surface area (Å²) in [4.78, 5) is 20.0. The first-order valence-corrected chi connectivity index (χ1v) is 32.5. The second-order valence-electron chi connectivity index (χ2n) is 25.0. The molecule has 0 saturated carbocycles. The Morgan fingerprint density at radius 3 is 1.15 bits per heavy atom. The summed E-state index contributed by atoms with van der Waals surface area (Å²) in [5, 5.41) is 7.10. The van der Waals surface area contributed by atoms with Crippen LogP contribution in [-0.4, -0.2) is 56.2 Å². The quantitative estimate of drug-likeness (QED) is 0.122. The van der Waals surface area contributed by atoms with Gasteiger partial charge in [-0.25, -0.2) is 19.9 Å². The van der Waals surface area contributed by atoms with Crippen molar-refractivity contribution in [2.75, 3.05) is 0 Å². The molecule has 18 aromatic rings. The summed E-state index contributed by atoms with van der Waals surface area (Å²) >= 11 is 3.49. The molecule has 0 bridgehead atoms. The molecular formula is C82H60BBrN8O2. The first kappa shape index (κ1) is 56.9. The number of fused-ring (bicyclic) bond motifs is 18. The maximum absolute atomic E-state index is 6.31. The van der Waals surface area contributed by atoms with E-state index >= 15 is 0 Å². The molecule has 1 fully saturated rings. The standard InChI is InChI=1S/C38H24N4.C25H23BN2O2.C19H13BrN2/c1-2-10-28(11-3-1)41-35-16-8-5-13-32(35)39-37(41)26-20-18-25(19-21-26)27-22-23-29-30-12-4-7-15-34(30)42-36-17-9-6-14-33(36)40-38(42)31(29)24-27;1-24(2)25(3,4)30-26(29-24)16-13-14-17-18-9-5-7-11-21(18)28-22-12-8-6-10-20(22)27-23(28)19(17)15-16;20-15-12-10-14(11-13-15)19-21-17-8-4-5-9-18(17)22(19)16-6-2-1-3-7-16/h1-24H;5-15H,1-4H3;1-13H. The van der Waals surface area contributed by atoms with Gasteiger partial charge in [-0.1, -0.05) is 204 Å². The van der Waals surface area contributed by atoms with Gasteiger partial charge in [-0.15, -0.1) is 0 Å². The first-order chi connectivity index (χ1) is 46.0. The molecule has 0 spiro atoms. The van der Waals surface area contributed by atoms with E-state index in [9.17, 15) is 0 Å². The Morgan fingerprint density at radius 2 is 0.670 bits per heavy atom. The van der Waals surface area contributed by atoms with Gasteiger partial charge in [-0.2, -0.15) is 0 Å². The number of halogens is 1. The molecule has 0 aliphatic carbocycles. The summed E-state index contributed by atoms with van der Waals surface area (Å²) in [6, 6.07) is 101. The van der Waals surface area contributed by atoms with E-state index in [0.717, 1.165) is 127 Å². The molecule has 10 nitrogen and oxygen atoms in total. The molecule has 450 valence electrons. The molecule has 0 N–H and O–H groups in total. The van der Waals surface area contributed by atoms with Crippen LogP contribution in [0.2, 0.25) is 0 Å². The highest BCUT2D eigenvalue weighted by molar-refractivity contribution is 9.10. The SMILES string of the molecule is Brc1ccc(-c2nc3ccccc3n2-c2ccccc2)cc1.CC1(C)OB(c2ccc3c4ccccc4n4c5ccccc5nc4c3c2)OC1(C)C.c1ccc(-n2c(-c3ccc(-c4ccc5c6ccccc6n6c7ccccc7nc6c5c4)cc3)nc3ccccc32)cc1. The Kier molecular flexibility index (Phi) is 13.7. The Labute approximate surface area is 550 Å². The van der Waals surface area contributed by atoms with E-state index in [-0.39, 0.29) is 11.2 Å². The van der Waals surface area contributed by atoms with Crippen molar-refractivity contribution in [3.63, 3.8) is 0 Å². The highest BCUT2D eigenvalue weighted by Crippen LogP contribution is 2.40. The molecule has 19 rings (SSSR count). The number of hydrogen-bond donors (Lipinski definition) is 0. The fraction of sp³-hybridized carbons (Fsp3) is 0.0732. The summed E-state index contributed by atoms with van der Waals surface area (Å²) in [6.45, 7) is 8.34. The number of imidazole rings is 4. The van der Waals surface area contributed by atoms with Crippen molar-refractivity contribution in [1.82, 2.24) is 37.9 Å². The van der Waals surface area contributed by atoms with Gasteiger partial charge < -0.3 is 9.31 Å². The summed E-state index contributed by atoms with van der Waals surface area (Å²) < 4.78 is 22.7. The number of aromatic nitrogens is 8. The van der Waals surface area contributed by atoms with E-state index in [1.54, 1.807) is 0 Å². The fourth-order valence-corrected chi connectivity index (χ4v) is 13.7. The molecule has 94 heavy (non-hydrogen) atoms. The Hall–Kier alpha value is -11.0. The highest BCUT2D eigenvalue weighted by Gasteiger charge is 2.51. The third kappa shape index (κ3) is 9.63. The molecule has 12 aromatic carbocycles. The molecule has 1 aliphatic rings. The van der Waals surface area contributed by atoms with Gasteiger partial charge in [0, 0.05) is 48.5 Å². The first-order valence-electron chi connectivity index (χ1n) is 31.7. The van der Waals surface area contributed by atoms with Crippen LogP contribution in [0, 0.1) is 0 Å². The van der Waals surface area contributed by atoms with Crippen LogP contribution in [0.5, 0.6) is 0 Å². The van der Waals surface area contributed by atoms with Crippen molar-refractivity contribution in [3.05, 3.63) is 296 Å². The minimum absolute atomic E-state index is 0.368. The second-order valence-corrected chi connectivity index (χ2v) is 25.9. The van der Waals surface area contributed by atoms with Gasteiger partial charge in [0.1, 0.15) is 22.9 Å². The second kappa shape index (κ2) is 22.7.